The Kier molecular flexibility index (Phi) is 9.37. The number of hydrogen-bond donors (Lipinski definition) is 1. The Morgan fingerprint density at radius 3 is 2.53 bits per heavy atom. The highest BCUT2D eigenvalue weighted by Gasteiger charge is 2.10. The molecule has 0 bridgehead atoms. The van der Waals surface area contributed by atoms with E-state index in [0.29, 0.717) is 18.9 Å². The van der Waals surface area contributed by atoms with Gasteiger partial charge in [-0.15, -0.1) is 0 Å². The van der Waals surface area contributed by atoms with Gasteiger partial charge < -0.3 is 19.4 Å². The molecule has 0 aliphatic heterocycles. The monoisotopic (exact) mass is 485 g/mol. The molecule has 0 radical (unpaired) electrons. The van der Waals surface area contributed by atoms with Gasteiger partial charge in [-0.05, 0) is 68.1 Å². The van der Waals surface area contributed by atoms with Gasteiger partial charge in [0, 0.05) is 19.5 Å². The van der Waals surface area contributed by atoms with E-state index in [-0.39, 0.29) is 12.5 Å². The molecular formula is C30H35N3O3. The van der Waals surface area contributed by atoms with Crippen LogP contribution in [0.2, 0.25) is 0 Å². The lowest BCUT2D eigenvalue weighted by Gasteiger charge is -2.11. The van der Waals surface area contributed by atoms with E-state index in [9.17, 15) is 4.79 Å². The highest BCUT2D eigenvalue weighted by Crippen LogP contribution is 2.19. The van der Waals surface area contributed by atoms with E-state index in [1.165, 1.54) is 11.1 Å². The van der Waals surface area contributed by atoms with Crippen LogP contribution in [0.5, 0.6) is 11.5 Å². The number of hydrogen-bond acceptors (Lipinski definition) is 4. The molecule has 1 N–H and O–H groups in total. The number of amides is 1. The molecule has 0 unspecified atom stereocenters. The van der Waals surface area contributed by atoms with Gasteiger partial charge in [-0.25, -0.2) is 4.98 Å². The highest BCUT2D eigenvalue weighted by atomic mass is 16.5. The molecule has 0 aliphatic rings. The van der Waals surface area contributed by atoms with Gasteiger partial charge in [-0.3, -0.25) is 4.79 Å². The van der Waals surface area contributed by atoms with Gasteiger partial charge in [0.2, 0.25) is 0 Å². The summed E-state index contributed by atoms with van der Waals surface area (Å²) in [6.45, 7) is 4.32. The predicted molar refractivity (Wildman–Crippen MR) is 144 cm³/mol. The molecule has 36 heavy (non-hydrogen) atoms. The molecule has 6 nitrogen and oxygen atoms in total. The number of para-hydroxylation sites is 3. The van der Waals surface area contributed by atoms with Crippen molar-refractivity contribution in [3.63, 3.8) is 0 Å². The fourth-order valence-corrected chi connectivity index (χ4v) is 4.21. The summed E-state index contributed by atoms with van der Waals surface area (Å²) >= 11 is 0. The number of aryl methyl sites for hydroxylation is 3. The van der Waals surface area contributed by atoms with Crippen LogP contribution in [0.3, 0.4) is 0 Å². The van der Waals surface area contributed by atoms with Crippen molar-refractivity contribution < 1.29 is 14.3 Å². The smallest absolute Gasteiger partial charge is 0.257 e. The first-order valence-electron chi connectivity index (χ1n) is 12.8. The Balaban J connectivity index is 1.19. The van der Waals surface area contributed by atoms with Crippen molar-refractivity contribution in [2.45, 2.75) is 45.6 Å². The highest BCUT2D eigenvalue weighted by molar-refractivity contribution is 5.77. The molecule has 0 saturated heterocycles. The topological polar surface area (TPSA) is 65.4 Å². The summed E-state index contributed by atoms with van der Waals surface area (Å²) in [6.07, 6.45) is 4.82. The molecular weight excluding hydrogens is 450 g/mol. The van der Waals surface area contributed by atoms with Crippen LogP contribution in [0.25, 0.3) is 11.0 Å². The summed E-state index contributed by atoms with van der Waals surface area (Å²) in [5.41, 5.74) is 3.42. The molecule has 1 aromatic heterocycles. The van der Waals surface area contributed by atoms with Crippen molar-refractivity contribution in [3.8, 4) is 11.5 Å². The van der Waals surface area contributed by atoms with E-state index in [1.54, 1.807) is 0 Å². The summed E-state index contributed by atoms with van der Waals surface area (Å²) in [7, 11) is 0. The number of nitrogens with one attached hydrogen (secondary N) is 1. The van der Waals surface area contributed by atoms with Gasteiger partial charge in [-0.2, -0.15) is 0 Å². The summed E-state index contributed by atoms with van der Waals surface area (Å²) in [5.74, 6) is 2.65. The van der Waals surface area contributed by atoms with Crippen LogP contribution in [0.1, 0.15) is 37.1 Å². The van der Waals surface area contributed by atoms with E-state index < -0.39 is 0 Å². The summed E-state index contributed by atoms with van der Waals surface area (Å²) in [5, 5.41) is 2.94. The van der Waals surface area contributed by atoms with Crippen LogP contribution in [0.15, 0.2) is 78.9 Å². The van der Waals surface area contributed by atoms with Gasteiger partial charge in [0.15, 0.2) is 6.61 Å². The molecule has 0 saturated carbocycles. The standard InChI is InChI=1S/C30H35N3O3/c1-24-12-10-15-26(22-24)35-21-11-20-33-28-17-8-7-16-27(28)32-29(33)18-6-3-9-19-31-30(34)23-36-25-13-4-2-5-14-25/h2,4-5,7-8,10,12-17,22H,3,6,9,11,18-21,23H2,1H3,(H,31,34). The number of fused-ring (bicyclic) bond motifs is 1. The Morgan fingerprint density at radius 2 is 1.67 bits per heavy atom. The first-order valence-corrected chi connectivity index (χ1v) is 12.8. The maximum atomic E-state index is 12.0. The van der Waals surface area contributed by atoms with Crippen molar-refractivity contribution in [1.29, 1.82) is 0 Å². The van der Waals surface area contributed by atoms with E-state index in [0.717, 1.165) is 55.7 Å². The third-order valence-electron chi connectivity index (χ3n) is 6.03. The second-order valence-electron chi connectivity index (χ2n) is 8.95. The lowest BCUT2D eigenvalue weighted by molar-refractivity contribution is -0.123. The zero-order valence-electron chi connectivity index (χ0n) is 21.0. The first kappa shape index (κ1) is 25.3. The number of nitrogens with zero attached hydrogens (tertiary/aromatic N) is 2. The van der Waals surface area contributed by atoms with Crippen LogP contribution < -0.4 is 14.8 Å². The number of rotatable bonds is 14. The van der Waals surface area contributed by atoms with Crippen LogP contribution >= 0.6 is 0 Å². The maximum Gasteiger partial charge on any atom is 0.257 e. The minimum absolute atomic E-state index is 0.0433. The molecule has 4 rings (SSSR count). The number of benzene rings is 3. The molecule has 1 heterocycles. The largest absolute Gasteiger partial charge is 0.494 e. The lowest BCUT2D eigenvalue weighted by Crippen LogP contribution is -2.29. The zero-order valence-corrected chi connectivity index (χ0v) is 21.0. The third kappa shape index (κ3) is 7.60. The van der Waals surface area contributed by atoms with Gasteiger partial charge >= 0.3 is 0 Å². The number of carbonyl (C=O) groups excluding carboxylic acids is 1. The van der Waals surface area contributed by atoms with Crippen LogP contribution in [0, 0.1) is 6.92 Å². The number of aromatic nitrogens is 2. The van der Waals surface area contributed by atoms with Crippen molar-refractivity contribution in [2.75, 3.05) is 19.8 Å². The van der Waals surface area contributed by atoms with Crippen LogP contribution in [0.4, 0.5) is 0 Å². The van der Waals surface area contributed by atoms with E-state index in [2.05, 4.69) is 47.1 Å². The van der Waals surface area contributed by atoms with Crippen LogP contribution in [-0.2, 0) is 17.8 Å². The van der Waals surface area contributed by atoms with Gasteiger partial charge in [0.05, 0.1) is 17.6 Å². The number of imidazole rings is 1. The second-order valence-corrected chi connectivity index (χ2v) is 8.95. The zero-order chi connectivity index (χ0) is 25.0. The maximum absolute atomic E-state index is 12.0. The summed E-state index contributed by atoms with van der Waals surface area (Å²) in [4.78, 5) is 16.9. The van der Waals surface area contributed by atoms with Crippen molar-refractivity contribution in [1.82, 2.24) is 14.9 Å². The quantitative estimate of drug-likeness (QED) is 0.232. The van der Waals surface area contributed by atoms with Crippen molar-refractivity contribution in [2.24, 2.45) is 0 Å². The molecule has 3 aromatic carbocycles. The minimum atomic E-state index is -0.0893. The fraction of sp³-hybridized carbons (Fsp3) is 0.333. The van der Waals surface area contributed by atoms with Crippen LogP contribution in [-0.4, -0.2) is 35.2 Å². The SMILES string of the molecule is Cc1cccc(OCCCn2c(CCCCCNC(=O)COc3ccccc3)nc3ccccc32)c1. The average Bonchev–Trinajstić information content (AvgIpc) is 3.25. The number of carbonyl (C=O) groups is 1. The second kappa shape index (κ2) is 13.3. The molecule has 4 aromatic rings. The fourth-order valence-electron chi connectivity index (χ4n) is 4.21. The number of unbranched alkanes of at least 4 members (excludes halogenated alkanes) is 2. The number of ether oxygens (including phenoxy) is 2. The summed E-state index contributed by atoms with van der Waals surface area (Å²) < 4.78 is 13.8. The Bertz CT molecular complexity index is 1240. The van der Waals surface area contributed by atoms with Gasteiger partial charge in [0.1, 0.15) is 17.3 Å². The first-order chi connectivity index (χ1) is 17.7. The minimum Gasteiger partial charge on any atom is -0.494 e. The normalized spacial score (nSPS) is 10.9. The molecule has 1 amide bonds. The van der Waals surface area contributed by atoms with E-state index >= 15 is 0 Å². The Morgan fingerprint density at radius 1 is 0.861 bits per heavy atom. The van der Waals surface area contributed by atoms with E-state index in [1.807, 2.05) is 48.5 Å². The van der Waals surface area contributed by atoms with Gasteiger partial charge in [-0.1, -0.05) is 48.9 Å². The third-order valence-corrected chi connectivity index (χ3v) is 6.03. The molecule has 188 valence electrons. The lowest BCUT2D eigenvalue weighted by atomic mass is 10.2. The Labute approximate surface area is 213 Å². The van der Waals surface area contributed by atoms with Crippen molar-refractivity contribution >= 4 is 16.9 Å². The molecule has 0 aliphatic carbocycles. The van der Waals surface area contributed by atoms with Crippen molar-refractivity contribution in [3.05, 3.63) is 90.3 Å². The molecule has 0 atom stereocenters. The summed E-state index contributed by atoms with van der Waals surface area (Å²) in [6, 6.07) is 25.9. The van der Waals surface area contributed by atoms with E-state index in [4.69, 9.17) is 14.5 Å². The molecule has 0 spiro atoms. The average molecular weight is 486 g/mol. The molecule has 0 fully saturated rings. The predicted octanol–water partition coefficient (Wildman–Crippen LogP) is 5.72. The van der Waals surface area contributed by atoms with Gasteiger partial charge in [0.25, 0.3) is 5.91 Å². The Hall–Kier alpha value is -3.80. The molecule has 6 heteroatoms.